The fourth-order valence-electron chi connectivity index (χ4n) is 14.1. The lowest BCUT2D eigenvalue weighted by molar-refractivity contribution is -0.391. The van der Waals surface area contributed by atoms with Crippen molar-refractivity contribution in [1.29, 1.82) is 0 Å². The number of aliphatic hydroxyl groups is 7. The molecule has 17 heteroatoms. The van der Waals surface area contributed by atoms with Gasteiger partial charge in [0.2, 0.25) is 0 Å². The molecule has 26 atom stereocenters. The molecule has 0 amide bonds. The van der Waals surface area contributed by atoms with Crippen LogP contribution in [0.3, 0.4) is 0 Å². The van der Waals surface area contributed by atoms with Crippen LogP contribution in [-0.2, 0) is 47.4 Å². The van der Waals surface area contributed by atoms with E-state index in [0.29, 0.717) is 30.1 Å². The number of hydrogen-bond acceptors (Lipinski definition) is 17. The van der Waals surface area contributed by atoms with Crippen LogP contribution in [0.15, 0.2) is 11.6 Å². The molecule has 5 aliphatic heterocycles. The minimum absolute atomic E-state index is 0.0569. The first-order chi connectivity index (χ1) is 29.8. The van der Waals surface area contributed by atoms with Crippen molar-refractivity contribution in [2.24, 2.45) is 46.3 Å². The summed E-state index contributed by atoms with van der Waals surface area (Å²) in [6.45, 7) is 13.9. The number of allylic oxidation sites excluding steroid dienone is 1. The molecule has 0 radical (unpaired) electrons. The van der Waals surface area contributed by atoms with Crippen LogP contribution in [0, 0.1) is 46.3 Å². The van der Waals surface area contributed by atoms with Gasteiger partial charge in [0.15, 0.2) is 30.8 Å². The van der Waals surface area contributed by atoms with Crippen LogP contribution < -0.4 is 0 Å². The van der Waals surface area contributed by atoms with Crippen LogP contribution >= 0.6 is 0 Å². The number of ether oxygens (including phenoxy) is 9. The highest BCUT2D eigenvalue weighted by molar-refractivity contribution is 5.66. The van der Waals surface area contributed by atoms with Gasteiger partial charge in [-0.15, -0.1) is 0 Å². The highest BCUT2D eigenvalue weighted by Crippen LogP contribution is 2.71. The van der Waals surface area contributed by atoms with E-state index in [1.165, 1.54) is 6.92 Å². The molecule has 1 spiro atoms. The van der Waals surface area contributed by atoms with Crippen LogP contribution in [0.5, 0.6) is 0 Å². The van der Waals surface area contributed by atoms with Crippen molar-refractivity contribution in [1.82, 2.24) is 0 Å². The SMILES string of the molecule is CC(=O)O[C@H]1[C@H](O)[C@@H](O[C@@H]2[C@H](O)[C@H](C)O[C@H](O[C@H]3C[C@@H](O)CC4=CC[C@@H]5[C@H]6C[C@H]7O[C@@]8(CC[C@H](C)CO8)[C@H](C)[C@H]7[C@]6(C)CC[C@H]5[C@@]43C)[C@H]2O[C@H]2O[C@H](C)[C@@H](O)[C@H](O)[C@@H]2O)OC[C@@H]1O. The van der Waals surface area contributed by atoms with Crippen LogP contribution in [0.4, 0.5) is 0 Å². The lowest BCUT2D eigenvalue weighted by atomic mass is 9.46. The van der Waals surface area contributed by atoms with Crippen LogP contribution in [0.25, 0.3) is 0 Å². The first kappa shape index (κ1) is 46.7. The molecule has 0 bridgehead atoms. The second-order valence-electron chi connectivity index (χ2n) is 21.3. The third-order valence-electron chi connectivity index (χ3n) is 17.6. The van der Waals surface area contributed by atoms with Crippen LogP contribution in [0.1, 0.15) is 99.8 Å². The second-order valence-corrected chi connectivity index (χ2v) is 21.3. The summed E-state index contributed by atoms with van der Waals surface area (Å²) in [7, 11) is 0. The number of rotatable bonds is 7. The maximum atomic E-state index is 11.9. The van der Waals surface area contributed by atoms with Crippen molar-refractivity contribution in [3.63, 3.8) is 0 Å². The summed E-state index contributed by atoms with van der Waals surface area (Å²) in [6.07, 6.45) is -12.2. The zero-order valence-corrected chi connectivity index (χ0v) is 37.6. The fraction of sp³-hybridized carbons (Fsp3) is 0.935. The normalized spacial score (nSPS) is 56.8. The molecule has 7 N–H and O–H groups in total. The van der Waals surface area contributed by atoms with Crippen molar-refractivity contribution in [3.8, 4) is 0 Å². The summed E-state index contributed by atoms with van der Waals surface area (Å²) in [5, 5.41) is 77.5. The van der Waals surface area contributed by atoms with Crippen molar-refractivity contribution in [2.75, 3.05) is 13.2 Å². The summed E-state index contributed by atoms with van der Waals surface area (Å²) in [5.74, 6) is 0.844. The van der Waals surface area contributed by atoms with Crippen molar-refractivity contribution < 1.29 is 83.2 Å². The van der Waals surface area contributed by atoms with Gasteiger partial charge < -0.3 is 78.4 Å². The van der Waals surface area contributed by atoms with Gasteiger partial charge >= 0.3 is 5.97 Å². The van der Waals surface area contributed by atoms with Crippen LogP contribution in [-0.4, -0.2) is 165 Å². The smallest absolute Gasteiger partial charge is 0.303 e. The molecule has 8 fully saturated rings. The highest BCUT2D eigenvalue weighted by Gasteiger charge is 2.70. The molecule has 5 heterocycles. The van der Waals surface area contributed by atoms with Crippen LogP contribution in [0.2, 0.25) is 0 Å². The average molecular weight is 897 g/mol. The van der Waals surface area contributed by atoms with Gasteiger partial charge in [0.25, 0.3) is 0 Å². The zero-order chi connectivity index (χ0) is 45.1. The molecule has 63 heavy (non-hydrogen) atoms. The van der Waals surface area contributed by atoms with E-state index in [0.717, 1.165) is 57.6 Å². The number of carbonyl (C=O) groups excluding carboxylic acids is 1. The van der Waals surface area contributed by atoms with Crippen molar-refractivity contribution >= 4 is 5.97 Å². The summed E-state index contributed by atoms with van der Waals surface area (Å²) >= 11 is 0. The molecule has 0 aromatic carbocycles. The van der Waals surface area contributed by atoms with Gasteiger partial charge in [0.1, 0.15) is 48.8 Å². The summed E-state index contributed by atoms with van der Waals surface area (Å²) in [4.78, 5) is 11.9. The third-order valence-corrected chi connectivity index (χ3v) is 17.6. The number of hydrogen-bond donors (Lipinski definition) is 7. The Hall–Kier alpha value is -1.39. The first-order valence-corrected chi connectivity index (χ1v) is 23.6. The quantitative estimate of drug-likeness (QED) is 0.141. The predicted molar refractivity (Wildman–Crippen MR) is 218 cm³/mol. The second kappa shape index (κ2) is 17.3. The van der Waals surface area contributed by atoms with Gasteiger partial charge in [-0.1, -0.05) is 39.3 Å². The number of aliphatic hydroxyl groups excluding tert-OH is 7. The van der Waals surface area contributed by atoms with Gasteiger partial charge in [-0.25, -0.2) is 0 Å². The van der Waals surface area contributed by atoms with E-state index in [-0.39, 0.29) is 36.4 Å². The van der Waals surface area contributed by atoms with E-state index in [9.17, 15) is 40.5 Å². The Morgan fingerprint density at radius 3 is 2.17 bits per heavy atom. The maximum Gasteiger partial charge on any atom is 0.303 e. The molecular formula is C46H72O17. The van der Waals surface area contributed by atoms with E-state index in [2.05, 4.69) is 33.8 Å². The molecule has 0 unspecified atom stereocenters. The Labute approximate surface area is 369 Å². The molecule has 9 aliphatic rings. The molecule has 0 aromatic rings. The first-order valence-electron chi connectivity index (χ1n) is 23.6. The summed E-state index contributed by atoms with van der Waals surface area (Å²) < 4.78 is 56.7. The highest BCUT2D eigenvalue weighted by atomic mass is 16.8. The summed E-state index contributed by atoms with van der Waals surface area (Å²) in [6, 6.07) is 0. The number of esters is 1. The van der Waals surface area contributed by atoms with E-state index in [4.69, 9.17) is 42.6 Å². The van der Waals surface area contributed by atoms with Gasteiger partial charge in [0, 0.05) is 31.1 Å². The molecule has 358 valence electrons. The molecule has 3 saturated carbocycles. The lowest BCUT2D eigenvalue weighted by Crippen LogP contribution is -2.66. The van der Waals surface area contributed by atoms with E-state index in [1.54, 1.807) is 6.92 Å². The predicted octanol–water partition coefficient (Wildman–Crippen LogP) is 1.42. The topological polar surface area (TPSA) is 242 Å². The molecule has 5 saturated heterocycles. The summed E-state index contributed by atoms with van der Waals surface area (Å²) in [5.41, 5.74) is 0.635. The van der Waals surface area contributed by atoms with E-state index >= 15 is 0 Å². The standard InChI is InChI=1S/C46H72O17/c1-19-10-13-46(56-17-19)20(2)32-30(63-46)16-28-26-9-8-24-14-25(48)15-31(45(24,7)27(26)11-12-44(28,32)6)60-43-40(62-42-36(53)35(52)33(50)21(3)57-42)39(34(51)22(4)58-43)61-41-37(54)38(59-23(5)47)29(49)18-55-41/h8,19-22,25-43,48-54H,9-18H2,1-7H3/t19-,20+,21+,22-,25-,26-,27+,28+,29-,30+,31-,32+,33+,34+,35-,36-,37-,38+,39+,40-,41+,42+,43+,44+,45+,46-/m0/s1. The number of fused-ring (bicyclic) bond motifs is 7. The zero-order valence-electron chi connectivity index (χ0n) is 37.6. The Balaban J connectivity index is 1.01. The minimum Gasteiger partial charge on any atom is -0.457 e. The third kappa shape index (κ3) is 7.78. The van der Waals surface area contributed by atoms with Gasteiger partial charge in [-0.05, 0) is 87.4 Å². The van der Waals surface area contributed by atoms with E-state index in [1.807, 2.05) is 0 Å². The van der Waals surface area contributed by atoms with Crippen molar-refractivity contribution in [3.05, 3.63) is 11.6 Å². The molecule has 0 aromatic heterocycles. The Bertz CT molecular complexity index is 1690. The molecule has 4 aliphatic carbocycles. The average Bonchev–Trinajstić information content (AvgIpc) is 3.68. The van der Waals surface area contributed by atoms with Gasteiger partial charge in [0.05, 0.1) is 43.7 Å². The monoisotopic (exact) mass is 896 g/mol. The molecule has 9 rings (SSSR count). The Morgan fingerprint density at radius 2 is 1.46 bits per heavy atom. The van der Waals surface area contributed by atoms with Gasteiger partial charge in [-0.3, -0.25) is 4.79 Å². The maximum absolute atomic E-state index is 11.9. The van der Waals surface area contributed by atoms with Crippen molar-refractivity contribution in [2.45, 2.75) is 210 Å². The number of carbonyl (C=O) groups is 1. The fourth-order valence-corrected chi connectivity index (χ4v) is 14.1. The molecule has 17 nitrogen and oxygen atoms in total. The lowest BCUT2D eigenvalue weighted by Gasteiger charge is -2.60. The Kier molecular flexibility index (Phi) is 12.8. The largest absolute Gasteiger partial charge is 0.457 e. The van der Waals surface area contributed by atoms with E-state index < -0.39 is 115 Å². The molecular weight excluding hydrogens is 824 g/mol. The minimum atomic E-state index is -1.74. The van der Waals surface area contributed by atoms with Gasteiger partial charge in [-0.2, -0.15) is 0 Å². The Morgan fingerprint density at radius 1 is 0.746 bits per heavy atom.